The number of rotatable bonds is 4. The summed E-state index contributed by atoms with van der Waals surface area (Å²) in [7, 11) is 2.21. The van der Waals surface area contributed by atoms with E-state index in [2.05, 4.69) is 48.5 Å². The van der Waals surface area contributed by atoms with Crippen molar-refractivity contribution in [2.24, 2.45) is 0 Å². The molecule has 2 nitrogen and oxygen atoms in total. The lowest BCUT2D eigenvalue weighted by molar-refractivity contribution is 0.293. The number of likely N-dealkylation sites (N-methyl/N-ethyl adjacent to an activating group) is 1. The molecule has 1 aromatic carbocycles. The van der Waals surface area contributed by atoms with Gasteiger partial charge < -0.3 is 10.2 Å². The summed E-state index contributed by atoms with van der Waals surface area (Å²) in [5.74, 6) is 0. The molecule has 1 aliphatic heterocycles. The lowest BCUT2D eigenvalue weighted by atomic mass is 10.1. The maximum absolute atomic E-state index is 3.54. The third-order valence-electron chi connectivity index (χ3n) is 3.23. The standard InChI is InChI=1S/C14H22N2/c1-12-5-3-6-13(9-12)10-16(2)11-14-7-4-8-15-14/h3,5-6,9,14-15H,4,7-8,10-11H2,1-2H3/t14-/m0/s1. The minimum atomic E-state index is 0.704. The second-order valence-electron chi connectivity index (χ2n) is 4.98. The maximum atomic E-state index is 3.54. The molecule has 2 rings (SSSR count). The highest BCUT2D eigenvalue weighted by molar-refractivity contribution is 5.22. The van der Waals surface area contributed by atoms with Crippen molar-refractivity contribution in [1.82, 2.24) is 10.2 Å². The molecule has 0 radical (unpaired) electrons. The Morgan fingerprint density at radius 2 is 2.31 bits per heavy atom. The number of aryl methyl sites for hydroxylation is 1. The summed E-state index contributed by atoms with van der Waals surface area (Å²) in [6, 6.07) is 9.49. The molecule has 88 valence electrons. The zero-order chi connectivity index (χ0) is 11.4. The smallest absolute Gasteiger partial charge is 0.0231 e. The van der Waals surface area contributed by atoms with Gasteiger partial charge in [-0.15, -0.1) is 0 Å². The van der Waals surface area contributed by atoms with E-state index in [4.69, 9.17) is 0 Å². The van der Waals surface area contributed by atoms with Gasteiger partial charge in [0.25, 0.3) is 0 Å². The van der Waals surface area contributed by atoms with Gasteiger partial charge in [-0.05, 0) is 38.9 Å². The lowest BCUT2D eigenvalue weighted by Crippen LogP contribution is -2.34. The number of benzene rings is 1. The van der Waals surface area contributed by atoms with E-state index in [0.717, 1.165) is 13.1 Å². The Labute approximate surface area is 98.7 Å². The van der Waals surface area contributed by atoms with Crippen LogP contribution >= 0.6 is 0 Å². The summed E-state index contributed by atoms with van der Waals surface area (Å²) in [6.45, 7) is 5.57. The summed E-state index contributed by atoms with van der Waals surface area (Å²) < 4.78 is 0. The molecular weight excluding hydrogens is 196 g/mol. The molecule has 0 aromatic heterocycles. The molecule has 1 aromatic rings. The SMILES string of the molecule is Cc1cccc(CN(C)C[C@@H]2CCCN2)c1. The molecule has 1 saturated heterocycles. The molecule has 16 heavy (non-hydrogen) atoms. The summed E-state index contributed by atoms with van der Waals surface area (Å²) in [5, 5.41) is 3.54. The van der Waals surface area contributed by atoms with Crippen molar-refractivity contribution in [2.45, 2.75) is 32.4 Å². The molecule has 0 spiro atoms. The Bertz CT molecular complexity index is 329. The van der Waals surface area contributed by atoms with Gasteiger partial charge in [-0.25, -0.2) is 0 Å². The zero-order valence-electron chi connectivity index (χ0n) is 10.4. The molecule has 1 aliphatic rings. The highest BCUT2D eigenvalue weighted by atomic mass is 15.1. The van der Waals surface area contributed by atoms with Gasteiger partial charge in [0, 0.05) is 19.1 Å². The molecule has 2 heteroatoms. The average molecular weight is 218 g/mol. The van der Waals surface area contributed by atoms with Crippen molar-refractivity contribution >= 4 is 0 Å². The van der Waals surface area contributed by atoms with Crippen LogP contribution in [0.4, 0.5) is 0 Å². The van der Waals surface area contributed by atoms with Crippen LogP contribution in [0.15, 0.2) is 24.3 Å². The predicted molar refractivity (Wildman–Crippen MR) is 68.5 cm³/mol. The van der Waals surface area contributed by atoms with Crippen LogP contribution in [-0.4, -0.2) is 31.1 Å². The summed E-state index contributed by atoms with van der Waals surface area (Å²) in [6.07, 6.45) is 2.67. The average Bonchev–Trinajstić information content (AvgIpc) is 2.70. The van der Waals surface area contributed by atoms with E-state index >= 15 is 0 Å². The Balaban J connectivity index is 1.84. The first-order valence-corrected chi connectivity index (χ1v) is 6.21. The van der Waals surface area contributed by atoms with Crippen molar-refractivity contribution in [3.63, 3.8) is 0 Å². The Hall–Kier alpha value is -0.860. The molecule has 0 unspecified atom stereocenters. The van der Waals surface area contributed by atoms with Gasteiger partial charge in [-0.3, -0.25) is 0 Å². The lowest BCUT2D eigenvalue weighted by Gasteiger charge is -2.21. The van der Waals surface area contributed by atoms with E-state index in [0.29, 0.717) is 6.04 Å². The summed E-state index contributed by atoms with van der Waals surface area (Å²) >= 11 is 0. The summed E-state index contributed by atoms with van der Waals surface area (Å²) in [4.78, 5) is 2.41. The molecule has 0 amide bonds. The van der Waals surface area contributed by atoms with E-state index in [1.165, 1.54) is 30.5 Å². The summed E-state index contributed by atoms with van der Waals surface area (Å²) in [5.41, 5.74) is 2.77. The fraction of sp³-hybridized carbons (Fsp3) is 0.571. The first kappa shape index (κ1) is 11.6. The topological polar surface area (TPSA) is 15.3 Å². The van der Waals surface area contributed by atoms with Crippen molar-refractivity contribution in [2.75, 3.05) is 20.1 Å². The van der Waals surface area contributed by atoms with Crippen LogP contribution in [-0.2, 0) is 6.54 Å². The van der Waals surface area contributed by atoms with Gasteiger partial charge in [0.2, 0.25) is 0 Å². The van der Waals surface area contributed by atoms with Gasteiger partial charge in [0.15, 0.2) is 0 Å². The van der Waals surface area contributed by atoms with Gasteiger partial charge >= 0.3 is 0 Å². The second-order valence-corrected chi connectivity index (χ2v) is 4.98. The number of nitrogens with zero attached hydrogens (tertiary/aromatic N) is 1. The van der Waals surface area contributed by atoms with Crippen LogP contribution in [0.1, 0.15) is 24.0 Å². The molecule has 0 bridgehead atoms. The predicted octanol–water partition coefficient (Wildman–Crippen LogP) is 2.18. The van der Waals surface area contributed by atoms with Crippen LogP contribution in [0.5, 0.6) is 0 Å². The number of nitrogens with one attached hydrogen (secondary N) is 1. The van der Waals surface area contributed by atoms with Crippen LogP contribution in [0, 0.1) is 6.92 Å². The Morgan fingerprint density at radius 3 is 3.00 bits per heavy atom. The molecule has 1 heterocycles. The van der Waals surface area contributed by atoms with Gasteiger partial charge in [0.05, 0.1) is 0 Å². The van der Waals surface area contributed by atoms with E-state index in [-0.39, 0.29) is 0 Å². The number of hydrogen-bond donors (Lipinski definition) is 1. The zero-order valence-corrected chi connectivity index (χ0v) is 10.4. The molecule has 1 fully saturated rings. The first-order chi connectivity index (χ1) is 7.74. The highest BCUT2D eigenvalue weighted by Crippen LogP contribution is 2.10. The van der Waals surface area contributed by atoms with E-state index in [1.54, 1.807) is 0 Å². The molecular formula is C14H22N2. The number of hydrogen-bond acceptors (Lipinski definition) is 2. The van der Waals surface area contributed by atoms with Gasteiger partial charge in [-0.1, -0.05) is 29.8 Å². The fourth-order valence-corrected chi connectivity index (χ4v) is 2.48. The minimum Gasteiger partial charge on any atom is -0.313 e. The van der Waals surface area contributed by atoms with Crippen LogP contribution in [0.2, 0.25) is 0 Å². The van der Waals surface area contributed by atoms with Crippen molar-refractivity contribution in [3.05, 3.63) is 35.4 Å². The third kappa shape index (κ3) is 3.32. The quantitative estimate of drug-likeness (QED) is 0.833. The first-order valence-electron chi connectivity index (χ1n) is 6.21. The molecule has 0 saturated carbocycles. The molecule has 1 atom stereocenters. The van der Waals surface area contributed by atoms with Crippen molar-refractivity contribution < 1.29 is 0 Å². The highest BCUT2D eigenvalue weighted by Gasteiger charge is 2.15. The second kappa shape index (κ2) is 5.46. The fourth-order valence-electron chi connectivity index (χ4n) is 2.48. The van der Waals surface area contributed by atoms with Crippen LogP contribution in [0.25, 0.3) is 0 Å². The van der Waals surface area contributed by atoms with E-state index in [9.17, 15) is 0 Å². The van der Waals surface area contributed by atoms with E-state index in [1.807, 2.05) is 0 Å². The van der Waals surface area contributed by atoms with Gasteiger partial charge in [-0.2, -0.15) is 0 Å². The van der Waals surface area contributed by atoms with E-state index < -0.39 is 0 Å². The largest absolute Gasteiger partial charge is 0.313 e. The maximum Gasteiger partial charge on any atom is 0.0231 e. The molecule has 0 aliphatic carbocycles. The molecule has 1 N–H and O–H groups in total. The Kier molecular flexibility index (Phi) is 3.97. The third-order valence-corrected chi connectivity index (χ3v) is 3.23. The van der Waals surface area contributed by atoms with Crippen LogP contribution < -0.4 is 5.32 Å². The van der Waals surface area contributed by atoms with Crippen molar-refractivity contribution in [1.29, 1.82) is 0 Å². The Morgan fingerprint density at radius 1 is 1.44 bits per heavy atom. The monoisotopic (exact) mass is 218 g/mol. The van der Waals surface area contributed by atoms with Gasteiger partial charge in [0.1, 0.15) is 0 Å². The van der Waals surface area contributed by atoms with Crippen LogP contribution in [0.3, 0.4) is 0 Å². The minimum absolute atomic E-state index is 0.704. The van der Waals surface area contributed by atoms with Crippen molar-refractivity contribution in [3.8, 4) is 0 Å². The normalized spacial score (nSPS) is 20.6.